The second-order valence-electron chi connectivity index (χ2n) is 4.55. The summed E-state index contributed by atoms with van der Waals surface area (Å²) in [6.45, 7) is 2.93. The highest BCUT2D eigenvalue weighted by Gasteiger charge is 2.48. The summed E-state index contributed by atoms with van der Waals surface area (Å²) in [6.07, 6.45) is 6.39. The van der Waals surface area contributed by atoms with Crippen molar-refractivity contribution in [2.45, 2.75) is 44.3 Å². The molecule has 16 heavy (non-hydrogen) atoms. The Morgan fingerprint density at radius 1 is 1.69 bits per heavy atom. The smallest absolute Gasteiger partial charge is 0.237 e. The van der Waals surface area contributed by atoms with E-state index in [4.69, 9.17) is 5.73 Å². The van der Waals surface area contributed by atoms with E-state index in [0.717, 1.165) is 25.8 Å². The van der Waals surface area contributed by atoms with Crippen molar-refractivity contribution in [3.63, 3.8) is 0 Å². The van der Waals surface area contributed by atoms with Gasteiger partial charge in [0.25, 0.3) is 0 Å². The number of primary amides is 1. The summed E-state index contributed by atoms with van der Waals surface area (Å²) in [5, 5.41) is 7.45. The van der Waals surface area contributed by atoms with Crippen molar-refractivity contribution < 1.29 is 4.79 Å². The standard InChI is InChI=1S/C11H18N4O/c1-9(3-8-15-7-2-6-13-15)14-11(4-5-11)10(12)16/h2,6-7,9,14H,3-5,8H2,1H3,(H2,12,16). The molecule has 0 saturated heterocycles. The lowest BCUT2D eigenvalue weighted by atomic mass is 10.1. The van der Waals surface area contributed by atoms with Crippen molar-refractivity contribution in [3.05, 3.63) is 18.5 Å². The number of amides is 1. The minimum absolute atomic E-state index is 0.224. The van der Waals surface area contributed by atoms with Crippen molar-refractivity contribution in [2.75, 3.05) is 0 Å². The van der Waals surface area contributed by atoms with Gasteiger partial charge < -0.3 is 11.1 Å². The molecule has 1 aromatic heterocycles. The molecule has 2 rings (SSSR count). The molecule has 1 amide bonds. The van der Waals surface area contributed by atoms with Gasteiger partial charge in [0.1, 0.15) is 0 Å². The van der Waals surface area contributed by atoms with Gasteiger partial charge >= 0.3 is 0 Å². The first-order valence-corrected chi connectivity index (χ1v) is 5.67. The van der Waals surface area contributed by atoms with Gasteiger partial charge in [-0.15, -0.1) is 0 Å². The van der Waals surface area contributed by atoms with Gasteiger partial charge in [-0.2, -0.15) is 5.10 Å². The summed E-state index contributed by atoms with van der Waals surface area (Å²) in [5.74, 6) is -0.224. The molecule has 1 aliphatic carbocycles. The summed E-state index contributed by atoms with van der Waals surface area (Å²) >= 11 is 0. The number of nitrogens with one attached hydrogen (secondary N) is 1. The van der Waals surface area contributed by atoms with Gasteiger partial charge in [-0.25, -0.2) is 0 Å². The normalized spacial score (nSPS) is 19.3. The Labute approximate surface area is 95.0 Å². The molecule has 1 unspecified atom stereocenters. The molecule has 0 aromatic carbocycles. The van der Waals surface area contributed by atoms with Crippen molar-refractivity contribution in [3.8, 4) is 0 Å². The van der Waals surface area contributed by atoms with Crippen LogP contribution in [0.2, 0.25) is 0 Å². The quantitative estimate of drug-likeness (QED) is 0.725. The zero-order valence-electron chi connectivity index (χ0n) is 9.52. The summed E-state index contributed by atoms with van der Waals surface area (Å²) in [7, 11) is 0. The molecule has 1 aromatic rings. The number of carbonyl (C=O) groups excluding carboxylic acids is 1. The molecule has 1 fully saturated rings. The molecule has 0 aliphatic heterocycles. The number of nitrogens with zero attached hydrogens (tertiary/aromatic N) is 2. The number of aryl methyl sites for hydroxylation is 1. The first-order chi connectivity index (χ1) is 7.62. The van der Waals surface area contributed by atoms with Gasteiger partial charge in [-0.1, -0.05) is 0 Å². The van der Waals surface area contributed by atoms with Crippen molar-refractivity contribution >= 4 is 5.91 Å². The van der Waals surface area contributed by atoms with Gasteiger partial charge in [0.2, 0.25) is 5.91 Å². The average molecular weight is 222 g/mol. The molecule has 0 bridgehead atoms. The Kier molecular flexibility index (Phi) is 2.96. The Morgan fingerprint density at radius 2 is 2.44 bits per heavy atom. The minimum Gasteiger partial charge on any atom is -0.368 e. The molecule has 1 aliphatic rings. The van der Waals surface area contributed by atoms with E-state index in [1.807, 2.05) is 16.9 Å². The predicted octanol–water partition coefficient (Wildman–Crippen LogP) is 0.269. The fourth-order valence-electron chi connectivity index (χ4n) is 1.89. The Hall–Kier alpha value is -1.36. The van der Waals surface area contributed by atoms with Gasteiger partial charge in [0, 0.05) is 25.0 Å². The zero-order valence-corrected chi connectivity index (χ0v) is 9.52. The first-order valence-electron chi connectivity index (χ1n) is 5.67. The molecule has 5 nitrogen and oxygen atoms in total. The Morgan fingerprint density at radius 3 is 2.94 bits per heavy atom. The van der Waals surface area contributed by atoms with E-state index >= 15 is 0 Å². The molecule has 1 saturated carbocycles. The minimum atomic E-state index is -0.413. The fraction of sp³-hybridized carbons (Fsp3) is 0.636. The second-order valence-corrected chi connectivity index (χ2v) is 4.55. The number of hydrogen-bond acceptors (Lipinski definition) is 3. The van der Waals surface area contributed by atoms with Gasteiger partial charge in [0.15, 0.2) is 0 Å². The third-order valence-corrected chi connectivity index (χ3v) is 3.09. The molecular weight excluding hydrogens is 204 g/mol. The molecule has 0 spiro atoms. The molecule has 1 heterocycles. The lowest BCUT2D eigenvalue weighted by molar-refractivity contribution is -0.121. The van der Waals surface area contributed by atoms with E-state index in [-0.39, 0.29) is 11.9 Å². The van der Waals surface area contributed by atoms with Crippen LogP contribution in [-0.2, 0) is 11.3 Å². The maximum atomic E-state index is 11.2. The number of hydrogen-bond donors (Lipinski definition) is 2. The topological polar surface area (TPSA) is 72.9 Å². The maximum absolute atomic E-state index is 11.2. The molecule has 5 heteroatoms. The average Bonchev–Trinajstić information content (AvgIpc) is 2.84. The maximum Gasteiger partial charge on any atom is 0.237 e. The van der Waals surface area contributed by atoms with Crippen LogP contribution >= 0.6 is 0 Å². The van der Waals surface area contributed by atoms with Crippen LogP contribution in [0.1, 0.15) is 26.2 Å². The van der Waals surface area contributed by atoms with E-state index in [2.05, 4.69) is 17.3 Å². The predicted molar refractivity (Wildman–Crippen MR) is 60.6 cm³/mol. The highest BCUT2D eigenvalue weighted by Crippen LogP contribution is 2.35. The van der Waals surface area contributed by atoms with E-state index in [9.17, 15) is 4.79 Å². The summed E-state index contributed by atoms with van der Waals surface area (Å²) in [6, 6.07) is 2.18. The van der Waals surface area contributed by atoms with Crippen LogP contribution in [0.5, 0.6) is 0 Å². The summed E-state index contributed by atoms with van der Waals surface area (Å²) in [5.41, 5.74) is 4.94. The van der Waals surface area contributed by atoms with E-state index in [0.29, 0.717) is 0 Å². The Balaban J connectivity index is 1.77. The molecule has 1 atom stereocenters. The fourth-order valence-corrected chi connectivity index (χ4v) is 1.89. The number of rotatable bonds is 6. The highest BCUT2D eigenvalue weighted by molar-refractivity contribution is 5.87. The van der Waals surface area contributed by atoms with Gasteiger partial charge in [-0.05, 0) is 32.3 Å². The highest BCUT2D eigenvalue weighted by atomic mass is 16.1. The monoisotopic (exact) mass is 222 g/mol. The SMILES string of the molecule is CC(CCn1cccn1)NC1(C(N)=O)CC1. The number of aromatic nitrogens is 2. The summed E-state index contributed by atoms with van der Waals surface area (Å²) in [4.78, 5) is 11.2. The van der Waals surface area contributed by atoms with E-state index in [1.54, 1.807) is 6.20 Å². The molecule has 3 N–H and O–H groups in total. The largest absolute Gasteiger partial charge is 0.368 e. The van der Waals surface area contributed by atoms with E-state index in [1.165, 1.54) is 0 Å². The van der Waals surface area contributed by atoms with E-state index < -0.39 is 5.54 Å². The molecular formula is C11H18N4O. The van der Waals surface area contributed by atoms with Gasteiger partial charge in [0.05, 0.1) is 5.54 Å². The number of nitrogens with two attached hydrogens (primary N) is 1. The third kappa shape index (κ3) is 2.41. The van der Waals surface area contributed by atoms with Crippen molar-refractivity contribution in [1.82, 2.24) is 15.1 Å². The van der Waals surface area contributed by atoms with Crippen LogP contribution < -0.4 is 11.1 Å². The van der Waals surface area contributed by atoms with Gasteiger partial charge in [-0.3, -0.25) is 9.48 Å². The third-order valence-electron chi connectivity index (χ3n) is 3.09. The van der Waals surface area contributed by atoms with Crippen LogP contribution in [0.3, 0.4) is 0 Å². The van der Waals surface area contributed by atoms with Crippen LogP contribution in [0.4, 0.5) is 0 Å². The molecule has 0 radical (unpaired) electrons. The number of carbonyl (C=O) groups is 1. The van der Waals surface area contributed by atoms with Crippen LogP contribution in [-0.4, -0.2) is 27.3 Å². The lowest BCUT2D eigenvalue weighted by Crippen LogP contribution is -2.48. The first kappa shape index (κ1) is 11.1. The molecule has 88 valence electrons. The van der Waals surface area contributed by atoms with Crippen molar-refractivity contribution in [1.29, 1.82) is 0 Å². The zero-order chi connectivity index (χ0) is 11.6. The second kappa shape index (κ2) is 4.25. The van der Waals surface area contributed by atoms with Crippen molar-refractivity contribution in [2.24, 2.45) is 5.73 Å². The van der Waals surface area contributed by atoms with Crippen LogP contribution in [0.15, 0.2) is 18.5 Å². The lowest BCUT2D eigenvalue weighted by Gasteiger charge is -2.20. The van der Waals surface area contributed by atoms with Crippen LogP contribution in [0.25, 0.3) is 0 Å². The summed E-state index contributed by atoms with van der Waals surface area (Å²) < 4.78 is 1.89. The Bertz CT molecular complexity index is 356. The van der Waals surface area contributed by atoms with Crippen LogP contribution in [0, 0.1) is 0 Å².